The van der Waals surface area contributed by atoms with E-state index in [4.69, 9.17) is 0 Å². The predicted octanol–water partition coefficient (Wildman–Crippen LogP) is 1.30. The first-order valence-corrected chi connectivity index (χ1v) is 5.17. The van der Waals surface area contributed by atoms with Crippen molar-refractivity contribution in [1.29, 1.82) is 0 Å². The zero-order valence-corrected chi connectivity index (χ0v) is 9.83. The molecule has 2 rings (SSSR count). The summed E-state index contributed by atoms with van der Waals surface area (Å²) < 4.78 is 0. The Hall–Kier alpha value is -0.640. The predicted molar refractivity (Wildman–Crippen MR) is 64.2 cm³/mol. The van der Waals surface area contributed by atoms with E-state index in [1.165, 1.54) is 6.42 Å². The van der Waals surface area contributed by atoms with Gasteiger partial charge in [-0.3, -0.25) is 9.88 Å². The van der Waals surface area contributed by atoms with E-state index in [0.29, 0.717) is 6.04 Å². The highest BCUT2D eigenvalue weighted by Crippen LogP contribution is 2.09. The molecule has 1 fully saturated rings. The minimum Gasteiger partial charge on any atom is -0.315 e. The van der Waals surface area contributed by atoms with Crippen LogP contribution in [0, 0.1) is 0 Å². The molecule has 0 radical (unpaired) electrons. The molecule has 1 aliphatic heterocycles. The molecule has 84 valence electrons. The maximum absolute atomic E-state index is 4.33. The summed E-state index contributed by atoms with van der Waals surface area (Å²) in [6.07, 6.45) is 3.11. The monoisotopic (exact) mass is 227 g/mol. The molecule has 0 unspecified atom stereocenters. The lowest BCUT2D eigenvalue weighted by atomic mass is 10.2. The highest BCUT2D eigenvalue weighted by atomic mass is 35.5. The normalized spacial score (nSPS) is 20.3. The van der Waals surface area contributed by atoms with Crippen molar-refractivity contribution in [3.63, 3.8) is 0 Å². The van der Waals surface area contributed by atoms with E-state index in [0.717, 1.165) is 25.3 Å². The number of halogens is 1. The van der Waals surface area contributed by atoms with Crippen LogP contribution < -0.4 is 5.32 Å². The molecule has 1 aromatic rings. The summed E-state index contributed by atoms with van der Waals surface area (Å²) in [5.74, 6) is 0. The summed E-state index contributed by atoms with van der Waals surface area (Å²) in [6, 6.07) is 6.76. The first kappa shape index (κ1) is 12.4. The van der Waals surface area contributed by atoms with Gasteiger partial charge in [0.05, 0.1) is 5.69 Å². The van der Waals surface area contributed by atoms with Crippen LogP contribution in [-0.4, -0.2) is 36.1 Å². The third-order valence-electron chi connectivity index (χ3n) is 2.80. The molecule has 1 aliphatic rings. The molecule has 4 heteroatoms. The second-order valence-electron chi connectivity index (χ2n) is 3.88. The van der Waals surface area contributed by atoms with E-state index < -0.39 is 0 Å². The number of pyridine rings is 1. The van der Waals surface area contributed by atoms with Gasteiger partial charge in [-0.15, -0.1) is 12.4 Å². The van der Waals surface area contributed by atoms with Crippen molar-refractivity contribution in [2.24, 2.45) is 0 Å². The summed E-state index contributed by atoms with van der Waals surface area (Å²) in [6.45, 7) is 3.22. The number of nitrogens with one attached hydrogen (secondary N) is 1. The van der Waals surface area contributed by atoms with Crippen LogP contribution in [0.4, 0.5) is 0 Å². The van der Waals surface area contributed by atoms with Crippen LogP contribution in [-0.2, 0) is 6.54 Å². The smallest absolute Gasteiger partial charge is 0.0543 e. The number of hydrogen-bond donors (Lipinski definition) is 1. The largest absolute Gasteiger partial charge is 0.315 e. The number of likely N-dealkylation sites (N-methyl/N-ethyl adjacent to an activating group) is 1. The van der Waals surface area contributed by atoms with Gasteiger partial charge in [-0.05, 0) is 32.1 Å². The number of aromatic nitrogens is 1. The van der Waals surface area contributed by atoms with E-state index in [2.05, 4.69) is 28.3 Å². The molecule has 1 saturated heterocycles. The van der Waals surface area contributed by atoms with Gasteiger partial charge >= 0.3 is 0 Å². The van der Waals surface area contributed by atoms with Crippen molar-refractivity contribution >= 4 is 12.4 Å². The van der Waals surface area contributed by atoms with Gasteiger partial charge in [-0.25, -0.2) is 0 Å². The quantitative estimate of drug-likeness (QED) is 0.844. The topological polar surface area (TPSA) is 28.2 Å². The van der Waals surface area contributed by atoms with Crippen molar-refractivity contribution < 1.29 is 0 Å². The summed E-state index contributed by atoms with van der Waals surface area (Å²) >= 11 is 0. The zero-order chi connectivity index (χ0) is 9.80. The molecular weight excluding hydrogens is 210 g/mol. The molecule has 0 bridgehead atoms. The zero-order valence-electron chi connectivity index (χ0n) is 9.02. The highest BCUT2D eigenvalue weighted by molar-refractivity contribution is 5.85. The molecule has 0 aromatic carbocycles. The maximum atomic E-state index is 4.33. The fourth-order valence-electron chi connectivity index (χ4n) is 1.89. The summed E-state index contributed by atoms with van der Waals surface area (Å²) in [7, 11) is 2.17. The SMILES string of the molecule is CN(Cc1ccccn1)[C@@H]1CCNC1.Cl. The Morgan fingerprint density at radius 1 is 1.53 bits per heavy atom. The lowest BCUT2D eigenvalue weighted by Crippen LogP contribution is -2.33. The van der Waals surface area contributed by atoms with Gasteiger partial charge in [0.15, 0.2) is 0 Å². The van der Waals surface area contributed by atoms with Gasteiger partial charge in [0, 0.05) is 25.3 Å². The van der Waals surface area contributed by atoms with Gasteiger partial charge in [-0.2, -0.15) is 0 Å². The molecule has 1 atom stereocenters. The summed E-state index contributed by atoms with van der Waals surface area (Å²) in [5, 5.41) is 3.38. The molecule has 0 saturated carbocycles. The number of hydrogen-bond acceptors (Lipinski definition) is 3. The fourth-order valence-corrected chi connectivity index (χ4v) is 1.89. The van der Waals surface area contributed by atoms with Crippen LogP contribution in [0.1, 0.15) is 12.1 Å². The number of nitrogens with zero attached hydrogens (tertiary/aromatic N) is 2. The van der Waals surface area contributed by atoms with E-state index in [-0.39, 0.29) is 12.4 Å². The highest BCUT2D eigenvalue weighted by Gasteiger charge is 2.18. The molecule has 1 N–H and O–H groups in total. The molecular formula is C11H18ClN3. The minimum absolute atomic E-state index is 0. The Bertz CT molecular complexity index is 272. The Morgan fingerprint density at radius 2 is 2.40 bits per heavy atom. The van der Waals surface area contributed by atoms with E-state index in [1.807, 2.05) is 18.3 Å². The molecule has 0 aliphatic carbocycles. The van der Waals surface area contributed by atoms with Crippen molar-refractivity contribution in [1.82, 2.24) is 15.2 Å². The third-order valence-corrected chi connectivity index (χ3v) is 2.80. The average molecular weight is 228 g/mol. The van der Waals surface area contributed by atoms with Crippen LogP contribution in [0.3, 0.4) is 0 Å². The Balaban J connectivity index is 0.00000112. The summed E-state index contributed by atoms with van der Waals surface area (Å²) in [4.78, 5) is 6.71. The number of rotatable bonds is 3. The lowest BCUT2D eigenvalue weighted by molar-refractivity contribution is 0.246. The Kier molecular flexibility index (Phi) is 5.02. The first-order valence-electron chi connectivity index (χ1n) is 5.17. The van der Waals surface area contributed by atoms with Crippen LogP contribution in [0.2, 0.25) is 0 Å². The third kappa shape index (κ3) is 3.45. The average Bonchev–Trinajstić information content (AvgIpc) is 2.72. The molecule has 0 spiro atoms. The standard InChI is InChI=1S/C11H17N3.ClH/c1-14(11-5-7-12-8-11)9-10-4-2-3-6-13-10;/h2-4,6,11-12H,5,7-9H2,1H3;1H/t11-;/m1./s1. The first-order chi connectivity index (χ1) is 6.86. The fraction of sp³-hybridized carbons (Fsp3) is 0.545. The minimum atomic E-state index is 0. The summed E-state index contributed by atoms with van der Waals surface area (Å²) in [5.41, 5.74) is 1.15. The van der Waals surface area contributed by atoms with Crippen LogP contribution in [0.15, 0.2) is 24.4 Å². The van der Waals surface area contributed by atoms with E-state index in [1.54, 1.807) is 0 Å². The van der Waals surface area contributed by atoms with Gasteiger partial charge in [-0.1, -0.05) is 6.07 Å². The lowest BCUT2D eigenvalue weighted by Gasteiger charge is -2.22. The molecule has 15 heavy (non-hydrogen) atoms. The van der Waals surface area contributed by atoms with Gasteiger partial charge in [0.2, 0.25) is 0 Å². The second-order valence-corrected chi connectivity index (χ2v) is 3.88. The van der Waals surface area contributed by atoms with E-state index >= 15 is 0 Å². The van der Waals surface area contributed by atoms with Crippen molar-refractivity contribution in [3.05, 3.63) is 30.1 Å². The second kappa shape index (κ2) is 6.05. The van der Waals surface area contributed by atoms with Gasteiger partial charge in [0.1, 0.15) is 0 Å². The van der Waals surface area contributed by atoms with Gasteiger partial charge < -0.3 is 5.32 Å². The molecule has 2 heterocycles. The van der Waals surface area contributed by atoms with Crippen molar-refractivity contribution in [2.75, 3.05) is 20.1 Å². The van der Waals surface area contributed by atoms with Crippen molar-refractivity contribution in [2.45, 2.75) is 19.0 Å². The molecule has 1 aromatic heterocycles. The Morgan fingerprint density at radius 3 is 3.00 bits per heavy atom. The van der Waals surface area contributed by atoms with E-state index in [9.17, 15) is 0 Å². The van der Waals surface area contributed by atoms with Crippen LogP contribution in [0.5, 0.6) is 0 Å². The molecule has 3 nitrogen and oxygen atoms in total. The van der Waals surface area contributed by atoms with Crippen LogP contribution >= 0.6 is 12.4 Å². The van der Waals surface area contributed by atoms with Crippen LogP contribution in [0.25, 0.3) is 0 Å². The molecule has 0 amide bonds. The Labute approximate surface area is 97.3 Å². The van der Waals surface area contributed by atoms with Crippen molar-refractivity contribution in [3.8, 4) is 0 Å². The van der Waals surface area contributed by atoms with Gasteiger partial charge in [0.25, 0.3) is 0 Å². The maximum Gasteiger partial charge on any atom is 0.0543 e.